The summed E-state index contributed by atoms with van der Waals surface area (Å²) >= 11 is 0. The maximum Gasteiger partial charge on any atom is 0.261 e. The molecule has 6 nitrogen and oxygen atoms in total. The largest absolute Gasteiger partial charge is 0.484 e. The van der Waals surface area contributed by atoms with Gasteiger partial charge in [0.2, 0.25) is 0 Å². The molecular weight excluding hydrogens is 340 g/mol. The van der Waals surface area contributed by atoms with Crippen molar-refractivity contribution in [1.29, 1.82) is 0 Å². The van der Waals surface area contributed by atoms with Crippen molar-refractivity contribution in [3.05, 3.63) is 66.7 Å². The van der Waals surface area contributed by atoms with Gasteiger partial charge in [-0.1, -0.05) is 36.4 Å². The highest BCUT2D eigenvalue weighted by atomic mass is 32.2. The summed E-state index contributed by atoms with van der Waals surface area (Å²) in [6.07, 6.45) is 0. The molecule has 0 aliphatic carbocycles. The zero-order valence-electron chi connectivity index (χ0n) is 13.2. The number of amides is 1. The number of hydrogen-bond donors (Lipinski definition) is 2. The smallest absolute Gasteiger partial charge is 0.261 e. The predicted octanol–water partition coefficient (Wildman–Crippen LogP) is 2.50. The van der Waals surface area contributed by atoms with E-state index in [1.165, 1.54) is 24.3 Å². The molecule has 0 saturated carbocycles. The van der Waals surface area contributed by atoms with E-state index >= 15 is 0 Å². The second-order valence-corrected chi connectivity index (χ2v) is 7.04. The number of benzene rings is 3. The molecule has 0 heterocycles. The first-order chi connectivity index (χ1) is 12.0. The Balaban J connectivity index is 1.85. The first-order valence-corrected chi connectivity index (χ1v) is 8.96. The molecule has 128 valence electrons. The van der Waals surface area contributed by atoms with Gasteiger partial charge in [0.25, 0.3) is 15.9 Å². The van der Waals surface area contributed by atoms with E-state index in [1.54, 1.807) is 12.1 Å². The number of primary amides is 1. The summed E-state index contributed by atoms with van der Waals surface area (Å²) < 4.78 is 32.9. The summed E-state index contributed by atoms with van der Waals surface area (Å²) in [6.45, 7) is -0.264. The number of ether oxygens (including phenoxy) is 1. The summed E-state index contributed by atoms with van der Waals surface area (Å²) in [6, 6.07) is 18.7. The highest BCUT2D eigenvalue weighted by Crippen LogP contribution is 2.26. The Morgan fingerprint density at radius 2 is 1.64 bits per heavy atom. The molecule has 0 aliphatic heterocycles. The zero-order chi connectivity index (χ0) is 17.9. The monoisotopic (exact) mass is 356 g/mol. The number of rotatable bonds is 6. The van der Waals surface area contributed by atoms with Crippen LogP contribution in [0.4, 0.5) is 5.69 Å². The SMILES string of the molecule is NC(=O)COc1ccc(S(=O)(=O)Nc2cccc3ccccc23)cc1. The Labute approximate surface area is 145 Å². The molecule has 3 N–H and O–H groups in total. The van der Waals surface area contributed by atoms with Gasteiger partial charge in [-0.05, 0) is 35.7 Å². The Hall–Kier alpha value is -3.06. The van der Waals surface area contributed by atoms with Crippen LogP contribution in [-0.2, 0) is 14.8 Å². The first-order valence-electron chi connectivity index (χ1n) is 7.47. The fourth-order valence-electron chi connectivity index (χ4n) is 2.39. The van der Waals surface area contributed by atoms with Crippen molar-refractivity contribution in [2.24, 2.45) is 5.73 Å². The third-order valence-corrected chi connectivity index (χ3v) is 4.93. The molecule has 7 heteroatoms. The van der Waals surface area contributed by atoms with Crippen LogP contribution in [0.1, 0.15) is 0 Å². The third-order valence-electron chi connectivity index (χ3n) is 3.55. The van der Waals surface area contributed by atoms with Gasteiger partial charge in [0, 0.05) is 5.39 Å². The van der Waals surface area contributed by atoms with Crippen molar-refractivity contribution in [3.8, 4) is 5.75 Å². The number of hydrogen-bond acceptors (Lipinski definition) is 4. The highest BCUT2D eigenvalue weighted by molar-refractivity contribution is 7.92. The normalized spacial score (nSPS) is 11.2. The van der Waals surface area contributed by atoms with Crippen molar-refractivity contribution in [3.63, 3.8) is 0 Å². The molecule has 0 radical (unpaired) electrons. The van der Waals surface area contributed by atoms with Crippen LogP contribution in [0.25, 0.3) is 10.8 Å². The van der Waals surface area contributed by atoms with Crippen molar-refractivity contribution < 1.29 is 17.9 Å². The minimum absolute atomic E-state index is 0.0897. The predicted molar refractivity (Wildman–Crippen MR) is 95.9 cm³/mol. The second-order valence-electron chi connectivity index (χ2n) is 5.36. The van der Waals surface area contributed by atoms with Crippen LogP contribution in [0.5, 0.6) is 5.75 Å². The summed E-state index contributed by atoms with van der Waals surface area (Å²) in [4.78, 5) is 10.8. The number of carbonyl (C=O) groups excluding carboxylic acids is 1. The molecule has 1 amide bonds. The van der Waals surface area contributed by atoms with Crippen molar-refractivity contribution in [2.75, 3.05) is 11.3 Å². The van der Waals surface area contributed by atoms with Crippen LogP contribution in [0.3, 0.4) is 0 Å². The lowest BCUT2D eigenvalue weighted by atomic mass is 10.1. The minimum atomic E-state index is -3.75. The van der Waals surface area contributed by atoms with Gasteiger partial charge in [0.05, 0.1) is 10.6 Å². The molecule has 0 bridgehead atoms. The Morgan fingerprint density at radius 3 is 2.36 bits per heavy atom. The van der Waals surface area contributed by atoms with Gasteiger partial charge in [-0.3, -0.25) is 9.52 Å². The van der Waals surface area contributed by atoms with E-state index in [9.17, 15) is 13.2 Å². The number of nitrogens with two attached hydrogens (primary N) is 1. The summed E-state index contributed by atoms with van der Waals surface area (Å²) in [5, 5.41) is 1.76. The van der Waals surface area contributed by atoms with E-state index in [0.29, 0.717) is 11.4 Å². The molecule has 0 aromatic heterocycles. The van der Waals surface area contributed by atoms with Crippen molar-refractivity contribution in [1.82, 2.24) is 0 Å². The molecule has 0 fully saturated rings. The molecule has 0 unspecified atom stereocenters. The maximum atomic E-state index is 12.6. The van der Waals surface area contributed by atoms with Crippen LogP contribution in [0.15, 0.2) is 71.6 Å². The van der Waals surface area contributed by atoms with E-state index in [1.807, 2.05) is 30.3 Å². The van der Waals surface area contributed by atoms with Gasteiger partial charge < -0.3 is 10.5 Å². The maximum absolute atomic E-state index is 12.6. The molecule has 3 aromatic carbocycles. The van der Waals surface area contributed by atoms with Gasteiger partial charge in [-0.2, -0.15) is 0 Å². The van der Waals surface area contributed by atoms with Gasteiger partial charge >= 0.3 is 0 Å². The molecule has 0 aliphatic rings. The second kappa shape index (κ2) is 6.82. The molecule has 0 saturated heterocycles. The van der Waals surface area contributed by atoms with E-state index in [-0.39, 0.29) is 11.5 Å². The lowest BCUT2D eigenvalue weighted by Gasteiger charge is -2.11. The van der Waals surface area contributed by atoms with Gasteiger partial charge in [0.1, 0.15) is 5.75 Å². The molecule has 0 atom stereocenters. The van der Waals surface area contributed by atoms with Crippen LogP contribution < -0.4 is 15.2 Å². The minimum Gasteiger partial charge on any atom is -0.484 e. The number of carbonyl (C=O) groups is 1. The number of anilines is 1. The van der Waals surface area contributed by atoms with Gasteiger partial charge in [-0.15, -0.1) is 0 Å². The molecule has 3 aromatic rings. The number of fused-ring (bicyclic) bond motifs is 1. The lowest BCUT2D eigenvalue weighted by molar-refractivity contribution is -0.119. The summed E-state index contributed by atoms with van der Waals surface area (Å²) in [7, 11) is -3.75. The van der Waals surface area contributed by atoms with E-state index in [2.05, 4.69) is 4.72 Å². The topological polar surface area (TPSA) is 98.5 Å². The lowest BCUT2D eigenvalue weighted by Crippen LogP contribution is -2.20. The van der Waals surface area contributed by atoms with Crippen LogP contribution in [0.2, 0.25) is 0 Å². The number of nitrogens with one attached hydrogen (secondary N) is 1. The highest BCUT2D eigenvalue weighted by Gasteiger charge is 2.15. The van der Waals surface area contributed by atoms with Crippen molar-refractivity contribution >= 4 is 32.4 Å². The van der Waals surface area contributed by atoms with E-state index in [4.69, 9.17) is 10.5 Å². The standard InChI is InChI=1S/C18H16N2O4S/c19-18(21)12-24-14-8-10-15(11-9-14)25(22,23)20-17-7-3-5-13-4-1-2-6-16(13)17/h1-11,20H,12H2,(H2,19,21). The zero-order valence-corrected chi connectivity index (χ0v) is 14.0. The molecule has 3 rings (SSSR count). The fraction of sp³-hybridized carbons (Fsp3) is 0.0556. The average Bonchev–Trinajstić information content (AvgIpc) is 2.60. The van der Waals surface area contributed by atoms with E-state index in [0.717, 1.165) is 10.8 Å². The average molecular weight is 356 g/mol. The Morgan fingerprint density at radius 1 is 0.960 bits per heavy atom. The fourth-order valence-corrected chi connectivity index (χ4v) is 3.47. The van der Waals surface area contributed by atoms with Crippen molar-refractivity contribution in [2.45, 2.75) is 4.90 Å². The Bertz CT molecular complexity index is 1010. The first kappa shape index (κ1) is 16.8. The third kappa shape index (κ3) is 3.89. The Kier molecular flexibility index (Phi) is 4.58. The van der Waals surface area contributed by atoms with Gasteiger partial charge in [0.15, 0.2) is 6.61 Å². The van der Waals surface area contributed by atoms with E-state index < -0.39 is 15.9 Å². The van der Waals surface area contributed by atoms with Gasteiger partial charge in [-0.25, -0.2) is 8.42 Å². The molecule has 25 heavy (non-hydrogen) atoms. The van der Waals surface area contributed by atoms with Crippen LogP contribution in [0, 0.1) is 0 Å². The molecular formula is C18H16N2O4S. The summed E-state index contributed by atoms with van der Waals surface area (Å²) in [5.41, 5.74) is 5.51. The number of sulfonamides is 1. The quantitative estimate of drug-likeness (QED) is 0.709. The molecule has 0 spiro atoms. The van der Waals surface area contributed by atoms with Crippen LogP contribution in [-0.4, -0.2) is 20.9 Å². The summed E-state index contributed by atoms with van der Waals surface area (Å²) in [5.74, 6) is -0.239. The van der Waals surface area contributed by atoms with Crippen LogP contribution >= 0.6 is 0 Å².